The van der Waals surface area contributed by atoms with Gasteiger partial charge < -0.3 is 9.84 Å². The lowest BCUT2D eigenvalue weighted by Crippen LogP contribution is -2.29. The topological polar surface area (TPSA) is 75.6 Å². The van der Waals surface area contributed by atoms with Crippen LogP contribution in [0.4, 0.5) is 0 Å². The molecule has 5 nitrogen and oxygen atoms in total. The van der Waals surface area contributed by atoms with E-state index in [2.05, 4.69) is 11.6 Å². The monoisotopic (exact) mass is 313 g/mol. The molecule has 2 N–H and O–H groups in total. The summed E-state index contributed by atoms with van der Waals surface area (Å²) in [7, 11) is -2.16. The molecule has 1 aromatic carbocycles. The number of aliphatic hydroxyl groups excluding tert-OH is 1. The van der Waals surface area contributed by atoms with Crippen molar-refractivity contribution in [3.63, 3.8) is 0 Å². The van der Waals surface area contributed by atoms with E-state index < -0.39 is 10.0 Å². The fraction of sp³-hybridized carbons (Fsp3) is 0.600. The lowest BCUT2D eigenvalue weighted by molar-refractivity contribution is 0.280. The Morgan fingerprint density at radius 2 is 2.14 bits per heavy atom. The standard InChI is InChI=1S/C15H23NO4S/c1-11-3-4-12(7-11)9-16-21(18,19)15-6-5-13(10-17)8-14(15)20-2/h5-6,8,11-12,16-17H,3-4,7,9-10H2,1-2H3. The Labute approximate surface area is 126 Å². The van der Waals surface area contributed by atoms with Crippen molar-refractivity contribution in [2.24, 2.45) is 11.8 Å². The highest BCUT2D eigenvalue weighted by Crippen LogP contribution is 2.30. The minimum Gasteiger partial charge on any atom is -0.495 e. The molecule has 2 atom stereocenters. The van der Waals surface area contributed by atoms with E-state index in [1.807, 2.05) is 0 Å². The number of aliphatic hydroxyl groups is 1. The number of methoxy groups -OCH3 is 1. The summed E-state index contributed by atoms with van der Waals surface area (Å²) in [5, 5.41) is 9.10. The summed E-state index contributed by atoms with van der Waals surface area (Å²) in [6.07, 6.45) is 3.31. The van der Waals surface area contributed by atoms with Gasteiger partial charge in [0.2, 0.25) is 10.0 Å². The summed E-state index contributed by atoms with van der Waals surface area (Å²) in [5.74, 6) is 1.35. The van der Waals surface area contributed by atoms with Crippen LogP contribution in [0.15, 0.2) is 23.1 Å². The molecule has 0 aromatic heterocycles. The molecule has 6 heteroatoms. The Morgan fingerprint density at radius 1 is 1.38 bits per heavy atom. The van der Waals surface area contributed by atoms with Gasteiger partial charge in [0, 0.05) is 6.54 Å². The number of ether oxygens (including phenoxy) is 1. The number of benzene rings is 1. The van der Waals surface area contributed by atoms with Crippen molar-refractivity contribution in [3.8, 4) is 5.75 Å². The van der Waals surface area contributed by atoms with E-state index in [0.29, 0.717) is 23.9 Å². The molecule has 2 unspecified atom stereocenters. The van der Waals surface area contributed by atoms with Crippen LogP contribution in [0.1, 0.15) is 31.7 Å². The van der Waals surface area contributed by atoms with Crippen molar-refractivity contribution in [2.45, 2.75) is 37.7 Å². The fourth-order valence-corrected chi connectivity index (χ4v) is 4.11. The molecule has 0 radical (unpaired) electrons. The molecule has 0 bridgehead atoms. The maximum atomic E-state index is 12.4. The molecule has 0 amide bonds. The molecule has 118 valence electrons. The average Bonchev–Trinajstić information content (AvgIpc) is 2.90. The Bertz CT molecular complexity index is 585. The van der Waals surface area contributed by atoms with Crippen LogP contribution in [0.5, 0.6) is 5.75 Å². The zero-order valence-electron chi connectivity index (χ0n) is 12.5. The molecule has 1 fully saturated rings. The molecule has 1 aliphatic rings. The Morgan fingerprint density at radius 3 is 2.71 bits per heavy atom. The predicted molar refractivity (Wildman–Crippen MR) is 80.6 cm³/mol. The number of sulfonamides is 1. The zero-order valence-corrected chi connectivity index (χ0v) is 13.3. The second kappa shape index (κ2) is 6.77. The molecular formula is C15H23NO4S. The maximum absolute atomic E-state index is 12.4. The van der Waals surface area contributed by atoms with Crippen molar-refractivity contribution in [2.75, 3.05) is 13.7 Å². The lowest BCUT2D eigenvalue weighted by Gasteiger charge is -2.14. The smallest absolute Gasteiger partial charge is 0.244 e. The van der Waals surface area contributed by atoms with E-state index in [-0.39, 0.29) is 17.3 Å². The molecule has 0 saturated heterocycles. The lowest BCUT2D eigenvalue weighted by atomic mass is 10.1. The fourth-order valence-electron chi connectivity index (χ4n) is 2.85. The van der Waals surface area contributed by atoms with Crippen molar-refractivity contribution in [3.05, 3.63) is 23.8 Å². The van der Waals surface area contributed by atoms with E-state index in [1.54, 1.807) is 12.1 Å². The summed E-state index contributed by atoms with van der Waals surface area (Å²) >= 11 is 0. The van der Waals surface area contributed by atoms with Crippen LogP contribution in [0, 0.1) is 11.8 Å². The number of hydrogen-bond acceptors (Lipinski definition) is 4. The van der Waals surface area contributed by atoms with E-state index >= 15 is 0 Å². The first-order chi connectivity index (χ1) is 9.96. The Hall–Kier alpha value is -1.11. The van der Waals surface area contributed by atoms with Gasteiger partial charge in [-0.15, -0.1) is 0 Å². The van der Waals surface area contributed by atoms with Gasteiger partial charge in [0.1, 0.15) is 10.6 Å². The summed E-state index contributed by atoms with van der Waals surface area (Å²) < 4.78 is 32.6. The van der Waals surface area contributed by atoms with Crippen LogP contribution in [0.2, 0.25) is 0 Å². The minimum absolute atomic E-state index is 0.119. The molecule has 0 spiro atoms. The van der Waals surface area contributed by atoms with Gasteiger partial charge >= 0.3 is 0 Å². The SMILES string of the molecule is COc1cc(CO)ccc1S(=O)(=O)NCC1CCC(C)C1. The molecule has 1 aromatic rings. The molecule has 1 saturated carbocycles. The first-order valence-electron chi connectivity index (χ1n) is 7.23. The van der Waals surface area contributed by atoms with E-state index in [1.165, 1.54) is 19.6 Å². The average molecular weight is 313 g/mol. The normalized spacial score (nSPS) is 22.4. The third-order valence-corrected chi connectivity index (χ3v) is 5.53. The van der Waals surface area contributed by atoms with Crippen molar-refractivity contribution >= 4 is 10.0 Å². The van der Waals surface area contributed by atoms with Gasteiger partial charge in [-0.25, -0.2) is 13.1 Å². The Balaban J connectivity index is 2.11. The molecule has 1 aliphatic carbocycles. The van der Waals surface area contributed by atoms with Crippen LogP contribution in [-0.2, 0) is 16.6 Å². The molecule has 21 heavy (non-hydrogen) atoms. The molecular weight excluding hydrogens is 290 g/mol. The molecule has 0 heterocycles. The van der Waals surface area contributed by atoms with E-state index in [9.17, 15) is 8.42 Å². The van der Waals surface area contributed by atoms with Crippen molar-refractivity contribution in [1.82, 2.24) is 4.72 Å². The van der Waals surface area contributed by atoms with Crippen LogP contribution in [-0.4, -0.2) is 27.2 Å². The van der Waals surface area contributed by atoms with Gasteiger partial charge in [0.05, 0.1) is 13.7 Å². The first kappa shape index (κ1) is 16.3. The Kier molecular flexibility index (Phi) is 5.24. The molecule has 0 aliphatic heterocycles. The second-order valence-electron chi connectivity index (χ2n) is 5.78. The maximum Gasteiger partial charge on any atom is 0.244 e. The summed E-state index contributed by atoms with van der Waals surface area (Å²) in [4.78, 5) is 0.119. The highest BCUT2D eigenvalue weighted by atomic mass is 32.2. The number of rotatable bonds is 6. The first-order valence-corrected chi connectivity index (χ1v) is 8.72. The van der Waals surface area contributed by atoms with Gasteiger partial charge in [-0.2, -0.15) is 0 Å². The highest BCUT2D eigenvalue weighted by molar-refractivity contribution is 7.89. The van der Waals surface area contributed by atoms with Gasteiger partial charge in [-0.3, -0.25) is 0 Å². The third-order valence-electron chi connectivity index (χ3n) is 4.07. The van der Waals surface area contributed by atoms with Crippen LogP contribution < -0.4 is 9.46 Å². The quantitative estimate of drug-likeness (QED) is 0.841. The van der Waals surface area contributed by atoms with Crippen molar-refractivity contribution in [1.29, 1.82) is 0 Å². The van der Waals surface area contributed by atoms with E-state index in [4.69, 9.17) is 9.84 Å². The summed E-state index contributed by atoms with van der Waals surface area (Å²) in [6, 6.07) is 4.62. The number of nitrogens with one attached hydrogen (secondary N) is 1. The largest absolute Gasteiger partial charge is 0.495 e. The predicted octanol–water partition coefficient (Wildman–Crippen LogP) is 1.90. The minimum atomic E-state index is -3.59. The van der Waals surface area contributed by atoms with Crippen LogP contribution >= 0.6 is 0 Å². The van der Waals surface area contributed by atoms with Crippen LogP contribution in [0.25, 0.3) is 0 Å². The second-order valence-corrected chi connectivity index (χ2v) is 7.51. The van der Waals surface area contributed by atoms with Gasteiger partial charge in [-0.1, -0.05) is 19.4 Å². The zero-order chi connectivity index (χ0) is 15.5. The van der Waals surface area contributed by atoms with Gasteiger partial charge in [-0.05, 0) is 42.4 Å². The summed E-state index contributed by atoms with van der Waals surface area (Å²) in [6.45, 7) is 2.52. The van der Waals surface area contributed by atoms with Crippen molar-refractivity contribution < 1.29 is 18.3 Å². The van der Waals surface area contributed by atoms with Crippen LogP contribution in [0.3, 0.4) is 0 Å². The third kappa shape index (κ3) is 3.96. The number of hydrogen-bond donors (Lipinski definition) is 2. The summed E-state index contributed by atoms with van der Waals surface area (Å²) in [5.41, 5.74) is 0.621. The van der Waals surface area contributed by atoms with E-state index in [0.717, 1.165) is 12.8 Å². The molecule has 2 rings (SSSR count). The highest BCUT2D eigenvalue weighted by Gasteiger charge is 2.25. The van der Waals surface area contributed by atoms with Gasteiger partial charge in [0.15, 0.2) is 0 Å². The van der Waals surface area contributed by atoms with Gasteiger partial charge in [0.25, 0.3) is 0 Å².